The van der Waals surface area contributed by atoms with Crippen LogP contribution in [0.3, 0.4) is 0 Å². The first kappa shape index (κ1) is 16.5. The summed E-state index contributed by atoms with van der Waals surface area (Å²) in [5.74, 6) is -0.595. The smallest absolute Gasteiger partial charge is 0.261 e. The Balaban J connectivity index is 1.82. The summed E-state index contributed by atoms with van der Waals surface area (Å²) in [5.41, 5.74) is 7.21. The van der Waals surface area contributed by atoms with E-state index in [1.165, 1.54) is 24.3 Å². The Morgan fingerprint density at radius 2 is 1.87 bits per heavy atom. The van der Waals surface area contributed by atoms with Gasteiger partial charge in [-0.25, -0.2) is 4.39 Å². The molecular weight excluding hydrogens is 297 g/mol. The van der Waals surface area contributed by atoms with Crippen LogP contribution in [0.25, 0.3) is 0 Å². The third-order valence-corrected chi connectivity index (χ3v) is 3.18. The normalized spacial score (nSPS) is 12.5. The van der Waals surface area contributed by atoms with Crippen molar-refractivity contribution in [1.82, 2.24) is 5.32 Å². The molecule has 6 heteroatoms. The predicted octanol–water partition coefficient (Wildman–Crippen LogP) is 2.34. The number of amides is 1. The van der Waals surface area contributed by atoms with Crippen molar-refractivity contribution in [3.05, 3.63) is 71.5 Å². The van der Waals surface area contributed by atoms with Gasteiger partial charge >= 0.3 is 0 Å². The van der Waals surface area contributed by atoms with Gasteiger partial charge in [0.2, 0.25) is 0 Å². The summed E-state index contributed by atoms with van der Waals surface area (Å²) in [4.78, 5) is 16.7. The first-order valence-corrected chi connectivity index (χ1v) is 7.12. The van der Waals surface area contributed by atoms with Crippen LogP contribution >= 0.6 is 0 Å². The van der Waals surface area contributed by atoms with E-state index < -0.39 is 0 Å². The molecule has 0 heterocycles. The lowest BCUT2D eigenvalue weighted by Crippen LogP contribution is -2.30. The molecule has 0 aromatic heterocycles. The number of carbonyl (C=O) groups is 1. The Labute approximate surface area is 133 Å². The number of nitrogens with one attached hydrogen (secondary N) is 1. The molecule has 120 valence electrons. The number of carbonyl (C=O) groups excluding carboxylic acids is 1. The number of hydrogen-bond donors (Lipinski definition) is 2. The summed E-state index contributed by atoms with van der Waals surface area (Å²) in [6, 6.07) is 14.9. The summed E-state index contributed by atoms with van der Waals surface area (Å²) >= 11 is 0. The van der Waals surface area contributed by atoms with Crippen molar-refractivity contribution in [3.8, 4) is 0 Å². The van der Waals surface area contributed by atoms with Crippen molar-refractivity contribution in [3.63, 3.8) is 0 Å². The Morgan fingerprint density at radius 1 is 1.22 bits per heavy atom. The maximum Gasteiger partial charge on any atom is 0.261 e. The second-order valence-corrected chi connectivity index (χ2v) is 4.96. The zero-order valence-corrected chi connectivity index (χ0v) is 12.7. The number of amidine groups is 1. The first-order valence-electron chi connectivity index (χ1n) is 7.12. The molecule has 5 nitrogen and oxygen atoms in total. The molecule has 0 aliphatic rings. The molecular formula is C17H18FN3O2. The summed E-state index contributed by atoms with van der Waals surface area (Å²) in [6.07, 6.45) is 0. The van der Waals surface area contributed by atoms with Crippen molar-refractivity contribution >= 4 is 11.7 Å². The Hall–Kier alpha value is -2.89. The van der Waals surface area contributed by atoms with Crippen LogP contribution in [0.15, 0.2) is 59.8 Å². The van der Waals surface area contributed by atoms with Crippen molar-refractivity contribution in [2.75, 3.05) is 6.61 Å². The number of rotatable bonds is 6. The molecule has 0 aliphatic carbocycles. The second-order valence-electron chi connectivity index (χ2n) is 4.96. The largest absolute Gasteiger partial charge is 0.384 e. The van der Waals surface area contributed by atoms with E-state index >= 15 is 0 Å². The molecule has 3 N–H and O–H groups in total. The van der Waals surface area contributed by atoms with Crippen molar-refractivity contribution in [2.24, 2.45) is 10.9 Å². The molecule has 1 amide bonds. The van der Waals surface area contributed by atoms with E-state index in [4.69, 9.17) is 10.6 Å². The van der Waals surface area contributed by atoms with Crippen LogP contribution in [0, 0.1) is 5.82 Å². The van der Waals surface area contributed by atoms with Crippen LogP contribution in [0.1, 0.15) is 24.1 Å². The van der Waals surface area contributed by atoms with Crippen molar-refractivity contribution in [1.29, 1.82) is 0 Å². The van der Waals surface area contributed by atoms with Crippen molar-refractivity contribution in [2.45, 2.75) is 13.0 Å². The zero-order chi connectivity index (χ0) is 16.7. The molecule has 0 aliphatic heterocycles. The molecule has 0 bridgehead atoms. The number of oxime groups is 1. The molecule has 2 aromatic carbocycles. The van der Waals surface area contributed by atoms with Crippen molar-refractivity contribution < 1.29 is 14.0 Å². The third kappa shape index (κ3) is 5.10. The highest BCUT2D eigenvalue weighted by molar-refractivity contribution is 5.97. The van der Waals surface area contributed by atoms with E-state index in [1.807, 2.05) is 37.3 Å². The topological polar surface area (TPSA) is 76.7 Å². The van der Waals surface area contributed by atoms with E-state index in [1.54, 1.807) is 0 Å². The fourth-order valence-electron chi connectivity index (χ4n) is 1.94. The molecule has 2 aromatic rings. The minimum atomic E-state index is -0.364. The van der Waals surface area contributed by atoms with Gasteiger partial charge in [-0.15, -0.1) is 0 Å². The predicted molar refractivity (Wildman–Crippen MR) is 86.1 cm³/mol. The van der Waals surface area contributed by atoms with Gasteiger partial charge in [0.1, 0.15) is 5.82 Å². The van der Waals surface area contributed by atoms with Gasteiger partial charge in [-0.1, -0.05) is 35.5 Å². The SMILES string of the molecule is CC(NC(=O)CO/N=C(\N)c1ccc(F)cc1)c1ccccc1. The second kappa shape index (κ2) is 7.93. The van der Waals surface area contributed by atoms with Gasteiger partial charge in [-0.3, -0.25) is 4.79 Å². The molecule has 23 heavy (non-hydrogen) atoms. The quantitative estimate of drug-likeness (QED) is 0.488. The van der Waals surface area contributed by atoms with Gasteiger partial charge in [0.25, 0.3) is 5.91 Å². The Kier molecular flexibility index (Phi) is 5.68. The zero-order valence-electron chi connectivity index (χ0n) is 12.7. The van der Waals surface area contributed by atoms with E-state index in [9.17, 15) is 9.18 Å². The maximum absolute atomic E-state index is 12.8. The van der Waals surface area contributed by atoms with E-state index in [-0.39, 0.29) is 30.2 Å². The number of hydrogen-bond acceptors (Lipinski definition) is 3. The molecule has 1 atom stereocenters. The van der Waals surface area contributed by atoms with Gasteiger partial charge in [-0.2, -0.15) is 0 Å². The lowest BCUT2D eigenvalue weighted by Gasteiger charge is -2.13. The Bertz CT molecular complexity index is 672. The summed E-state index contributed by atoms with van der Waals surface area (Å²) in [5, 5.41) is 6.45. The molecule has 0 fully saturated rings. The molecule has 1 unspecified atom stereocenters. The highest BCUT2D eigenvalue weighted by Gasteiger charge is 2.09. The maximum atomic E-state index is 12.8. The summed E-state index contributed by atoms with van der Waals surface area (Å²) in [6.45, 7) is 1.63. The van der Waals surface area contributed by atoms with Crippen LogP contribution < -0.4 is 11.1 Å². The lowest BCUT2D eigenvalue weighted by atomic mass is 10.1. The van der Waals surface area contributed by atoms with Gasteiger partial charge in [0.15, 0.2) is 12.4 Å². The first-order chi connectivity index (χ1) is 11.1. The number of halogens is 1. The fourth-order valence-corrected chi connectivity index (χ4v) is 1.94. The lowest BCUT2D eigenvalue weighted by molar-refractivity contribution is -0.126. The molecule has 0 saturated heterocycles. The number of benzene rings is 2. The van der Waals surface area contributed by atoms with Gasteiger partial charge in [-0.05, 0) is 36.8 Å². The average Bonchev–Trinajstić information content (AvgIpc) is 2.56. The highest BCUT2D eigenvalue weighted by atomic mass is 19.1. The monoisotopic (exact) mass is 315 g/mol. The van der Waals surface area contributed by atoms with Crippen LogP contribution in [-0.2, 0) is 9.63 Å². The van der Waals surface area contributed by atoms with E-state index in [2.05, 4.69) is 10.5 Å². The number of nitrogens with two attached hydrogens (primary N) is 1. The minimum absolute atomic E-state index is 0.0777. The van der Waals surface area contributed by atoms with Crippen LogP contribution in [0.4, 0.5) is 4.39 Å². The highest BCUT2D eigenvalue weighted by Crippen LogP contribution is 2.10. The average molecular weight is 315 g/mol. The fraction of sp³-hybridized carbons (Fsp3) is 0.176. The molecule has 0 radical (unpaired) electrons. The molecule has 2 rings (SSSR count). The van der Waals surface area contributed by atoms with Crippen LogP contribution in [0.5, 0.6) is 0 Å². The van der Waals surface area contributed by atoms with Gasteiger partial charge < -0.3 is 15.9 Å². The summed E-state index contributed by atoms with van der Waals surface area (Å²) in [7, 11) is 0. The molecule has 0 saturated carbocycles. The van der Waals surface area contributed by atoms with Crippen LogP contribution in [0.2, 0.25) is 0 Å². The van der Waals surface area contributed by atoms with Crippen LogP contribution in [-0.4, -0.2) is 18.3 Å². The Morgan fingerprint density at radius 3 is 2.52 bits per heavy atom. The van der Waals surface area contributed by atoms with Gasteiger partial charge in [0.05, 0.1) is 6.04 Å². The van der Waals surface area contributed by atoms with E-state index in [0.29, 0.717) is 5.56 Å². The van der Waals surface area contributed by atoms with Gasteiger partial charge in [0, 0.05) is 5.56 Å². The summed E-state index contributed by atoms with van der Waals surface area (Å²) < 4.78 is 12.8. The molecule has 0 spiro atoms. The minimum Gasteiger partial charge on any atom is -0.384 e. The van der Waals surface area contributed by atoms with E-state index in [0.717, 1.165) is 5.56 Å². The third-order valence-electron chi connectivity index (χ3n) is 3.18. The number of nitrogens with zero attached hydrogens (tertiary/aromatic N) is 1. The standard InChI is InChI=1S/C17H18FN3O2/c1-12(13-5-3-2-4-6-13)20-16(22)11-23-21-17(19)14-7-9-15(18)10-8-14/h2-10,12H,11H2,1H3,(H2,19,21)(H,20,22).